The summed E-state index contributed by atoms with van der Waals surface area (Å²) in [5, 5.41) is 2.91. The Morgan fingerprint density at radius 2 is 1.91 bits per heavy atom. The van der Waals surface area contributed by atoms with E-state index in [4.69, 9.17) is 9.40 Å². The third-order valence-electron chi connectivity index (χ3n) is 6.33. The fraction of sp³-hybridized carbons (Fsp3) is 0.296. The van der Waals surface area contributed by atoms with Gasteiger partial charge in [0.15, 0.2) is 11.5 Å². The number of carbonyl (C=O) groups excluding carboxylic acids is 1. The molecule has 1 aromatic carbocycles. The van der Waals surface area contributed by atoms with Crippen LogP contribution in [0.5, 0.6) is 0 Å². The van der Waals surface area contributed by atoms with Crippen LogP contribution < -0.4 is 5.32 Å². The van der Waals surface area contributed by atoms with Gasteiger partial charge in [0, 0.05) is 30.5 Å². The van der Waals surface area contributed by atoms with E-state index in [1.54, 1.807) is 18.5 Å². The van der Waals surface area contributed by atoms with Crippen molar-refractivity contribution in [2.75, 3.05) is 0 Å². The van der Waals surface area contributed by atoms with Gasteiger partial charge in [-0.3, -0.25) is 9.78 Å². The maximum Gasteiger partial charge on any atom is 0.287 e. The van der Waals surface area contributed by atoms with Crippen molar-refractivity contribution in [2.45, 2.75) is 51.6 Å². The second kappa shape index (κ2) is 9.45. The van der Waals surface area contributed by atoms with Gasteiger partial charge in [0.05, 0.1) is 12.0 Å². The van der Waals surface area contributed by atoms with Crippen molar-refractivity contribution in [2.24, 2.45) is 0 Å². The standard InChI is InChI=1S/C27H28N4O2/c1-19-9-11-21(12-10-19)25-26(31(18-30-25)22-7-3-2-4-8-22)23-13-14-24(33-23)27(32)29-17-20-6-5-15-28-16-20/h5-6,9-16,18,22H,2-4,7-8,17H2,1H3,(H,29,32). The Labute approximate surface area is 193 Å². The van der Waals surface area contributed by atoms with Crippen LogP contribution in [0.4, 0.5) is 0 Å². The Kier molecular flexibility index (Phi) is 6.07. The lowest BCUT2D eigenvalue weighted by molar-refractivity contribution is 0.0924. The molecule has 1 aliphatic carbocycles. The summed E-state index contributed by atoms with van der Waals surface area (Å²) in [5.41, 5.74) is 5.02. The lowest BCUT2D eigenvalue weighted by Crippen LogP contribution is -2.22. The van der Waals surface area contributed by atoms with Crippen LogP contribution in [0.15, 0.2) is 71.7 Å². The summed E-state index contributed by atoms with van der Waals surface area (Å²) in [6, 6.07) is 16.2. The van der Waals surface area contributed by atoms with E-state index in [0.29, 0.717) is 24.1 Å². The zero-order chi connectivity index (χ0) is 22.6. The number of pyridine rings is 1. The number of imidazole rings is 1. The number of benzene rings is 1. The van der Waals surface area contributed by atoms with Gasteiger partial charge >= 0.3 is 0 Å². The van der Waals surface area contributed by atoms with Crippen LogP contribution in [-0.4, -0.2) is 20.4 Å². The number of carbonyl (C=O) groups is 1. The highest BCUT2D eigenvalue weighted by Gasteiger charge is 2.25. The lowest BCUT2D eigenvalue weighted by atomic mass is 9.95. The summed E-state index contributed by atoms with van der Waals surface area (Å²) in [4.78, 5) is 21.6. The second-order valence-electron chi connectivity index (χ2n) is 8.71. The highest BCUT2D eigenvalue weighted by Crippen LogP contribution is 2.38. The first-order valence-corrected chi connectivity index (χ1v) is 11.6. The number of aromatic nitrogens is 3. The molecule has 0 unspecified atom stereocenters. The van der Waals surface area contributed by atoms with Crippen molar-refractivity contribution in [3.63, 3.8) is 0 Å². The van der Waals surface area contributed by atoms with Crippen LogP contribution in [0.2, 0.25) is 0 Å². The highest BCUT2D eigenvalue weighted by molar-refractivity contribution is 5.92. The van der Waals surface area contributed by atoms with Gasteiger partial charge < -0.3 is 14.3 Å². The van der Waals surface area contributed by atoms with Crippen LogP contribution in [0.25, 0.3) is 22.7 Å². The quantitative estimate of drug-likeness (QED) is 0.402. The van der Waals surface area contributed by atoms with Gasteiger partial charge in [-0.2, -0.15) is 0 Å². The zero-order valence-electron chi connectivity index (χ0n) is 18.8. The van der Waals surface area contributed by atoms with Gasteiger partial charge in [-0.1, -0.05) is 55.2 Å². The summed E-state index contributed by atoms with van der Waals surface area (Å²) >= 11 is 0. The molecule has 3 aromatic heterocycles. The summed E-state index contributed by atoms with van der Waals surface area (Å²) in [6.45, 7) is 2.48. The first-order chi connectivity index (χ1) is 16.2. The molecule has 0 spiro atoms. The topological polar surface area (TPSA) is 73.0 Å². The Hall–Kier alpha value is -3.67. The molecule has 0 aliphatic heterocycles. The van der Waals surface area contributed by atoms with E-state index in [1.165, 1.54) is 24.8 Å². The monoisotopic (exact) mass is 440 g/mol. The molecule has 4 aromatic rings. The first kappa shape index (κ1) is 21.2. The third-order valence-corrected chi connectivity index (χ3v) is 6.33. The minimum absolute atomic E-state index is 0.245. The van der Waals surface area contributed by atoms with E-state index in [9.17, 15) is 4.79 Å². The third kappa shape index (κ3) is 4.60. The number of nitrogens with one attached hydrogen (secondary N) is 1. The van der Waals surface area contributed by atoms with Gasteiger partial charge in [-0.15, -0.1) is 0 Å². The fourth-order valence-electron chi connectivity index (χ4n) is 4.52. The molecule has 1 fully saturated rings. The van der Waals surface area contributed by atoms with Gasteiger partial charge in [-0.25, -0.2) is 4.98 Å². The number of hydrogen-bond donors (Lipinski definition) is 1. The molecule has 33 heavy (non-hydrogen) atoms. The van der Waals surface area contributed by atoms with E-state index >= 15 is 0 Å². The SMILES string of the molecule is Cc1ccc(-c2ncn(C3CCCCC3)c2-c2ccc(C(=O)NCc3cccnc3)o2)cc1. The van der Waals surface area contributed by atoms with Crippen LogP contribution in [0.3, 0.4) is 0 Å². The van der Waals surface area contributed by atoms with E-state index in [0.717, 1.165) is 35.4 Å². The normalized spacial score (nSPS) is 14.3. The lowest BCUT2D eigenvalue weighted by Gasteiger charge is -2.24. The van der Waals surface area contributed by atoms with Crippen LogP contribution >= 0.6 is 0 Å². The van der Waals surface area contributed by atoms with E-state index in [1.807, 2.05) is 24.5 Å². The van der Waals surface area contributed by atoms with E-state index < -0.39 is 0 Å². The van der Waals surface area contributed by atoms with E-state index in [-0.39, 0.29) is 5.91 Å². The van der Waals surface area contributed by atoms with Crippen molar-refractivity contribution in [3.05, 3.63) is 84.1 Å². The summed E-state index contributed by atoms with van der Waals surface area (Å²) < 4.78 is 8.36. The molecule has 6 nitrogen and oxygen atoms in total. The number of aryl methyl sites for hydroxylation is 1. The zero-order valence-corrected chi connectivity index (χ0v) is 18.8. The first-order valence-electron chi connectivity index (χ1n) is 11.6. The molecule has 6 heteroatoms. The second-order valence-corrected chi connectivity index (χ2v) is 8.71. The van der Waals surface area contributed by atoms with Crippen molar-refractivity contribution < 1.29 is 9.21 Å². The number of nitrogens with zero attached hydrogens (tertiary/aromatic N) is 3. The summed E-state index contributed by atoms with van der Waals surface area (Å²) in [5.74, 6) is 0.714. The predicted octanol–water partition coefficient (Wildman–Crippen LogP) is 5.95. The van der Waals surface area contributed by atoms with Gasteiger partial charge in [0.25, 0.3) is 5.91 Å². The molecule has 1 saturated carbocycles. The Morgan fingerprint density at radius 1 is 1.09 bits per heavy atom. The van der Waals surface area contributed by atoms with Crippen molar-refractivity contribution in [1.82, 2.24) is 19.9 Å². The smallest absolute Gasteiger partial charge is 0.287 e. The largest absolute Gasteiger partial charge is 0.449 e. The molecule has 1 amide bonds. The van der Waals surface area contributed by atoms with Crippen LogP contribution in [0.1, 0.15) is 59.8 Å². The number of hydrogen-bond acceptors (Lipinski definition) is 4. The maximum absolute atomic E-state index is 12.7. The molecule has 0 bridgehead atoms. The Balaban J connectivity index is 1.46. The number of furan rings is 1. The Morgan fingerprint density at radius 3 is 2.67 bits per heavy atom. The van der Waals surface area contributed by atoms with Crippen LogP contribution in [0, 0.1) is 6.92 Å². The molecule has 3 heterocycles. The summed E-state index contributed by atoms with van der Waals surface area (Å²) in [7, 11) is 0. The predicted molar refractivity (Wildman–Crippen MR) is 128 cm³/mol. The molecule has 5 rings (SSSR count). The molecule has 1 aliphatic rings. The van der Waals surface area contributed by atoms with Crippen molar-refractivity contribution >= 4 is 5.91 Å². The minimum atomic E-state index is -0.245. The number of amides is 1. The molecular formula is C27H28N4O2. The molecule has 0 saturated heterocycles. The Bertz CT molecular complexity index is 1220. The highest BCUT2D eigenvalue weighted by atomic mass is 16.4. The molecule has 1 N–H and O–H groups in total. The average molecular weight is 441 g/mol. The minimum Gasteiger partial charge on any atom is -0.449 e. The van der Waals surface area contributed by atoms with E-state index in [2.05, 4.69) is 46.1 Å². The molecule has 168 valence electrons. The van der Waals surface area contributed by atoms with Gasteiger partial charge in [-0.05, 0) is 43.5 Å². The van der Waals surface area contributed by atoms with Crippen LogP contribution in [-0.2, 0) is 6.54 Å². The van der Waals surface area contributed by atoms with Gasteiger partial charge in [0.1, 0.15) is 5.69 Å². The average Bonchev–Trinajstić information content (AvgIpc) is 3.52. The molecule has 0 radical (unpaired) electrons. The molecular weight excluding hydrogens is 412 g/mol. The maximum atomic E-state index is 12.7. The summed E-state index contributed by atoms with van der Waals surface area (Å²) in [6.07, 6.45) is 11.4. The number of rotatable bonds is 6. The van der Waals surface area contributed by atoms with Crippen molar-refractivity contribution in [1.29, 1.82) is 0 Å². The van der Waals surface area contributed by atoms with Crippen molar-refractivity contribution in [3.8, 4) is 22.7 Å². The van der Waals surface area contributed by atoms with Gasteiger partial charge in [0.2, 0.25) is 0 Å². The molecule has 0 atom stereocenters. The fourth-order valence-corrected chi connectivity index (χ4v) is 4.52.